The summed E-state index contributed by atoms with van der Waals surface area (Å²) in [6.45, 7) is 4.74. The number of amides is 4. The SMILES string of the molecule is CCOc1ccccc1NC(=O)CN1C(=O)N(Cc2ccccc2)C(=O)C2NN(CC)C=C21. The van der Waals surface area contributed by atoms with Crippen LogP contribution in [0, 0.1) is 0 Å². The summed E-state index contributed by atoms with van der Waals surface area (Å²) in [5.74, 6) is -0.181. The molecule has 2 aliphatic heterocycles. The van der Waals surface area contributed by atoms with Crippen LogP contribution in [0.1, 0.15) is 19.4 Å². The summed E-state index contributed by atoms with van der Waals surface area (Å²) >= 11 is 0. The number of nitrogens with one attached hydrogen (secondary N) is 2. The minimum atomic E-state index is -0.727. The molecule has 4 amide bonds. The number of anilines is 1. The van der Waals surface area contributed by atoms with Crippen LogP contribution >= 0.6 is 0 Å². The quantitative estimate of drug-likeness (QED) is 0.643. The summed E-state index contributed by atoms with van der Waals surface area (Å²) in [6, 6.07) is 15.2. The molecule has 0 aromatic heterocycles. The van der Waals surface area contributed by atoms with Gasteiger partial charge in [-0.3, -0.25) is 19.4 Å². The van der Waals surface area contributed by atoms with Gasteiger partial charge in [-0.15, -0.1) is 0 Å². The number of nitrogens with zero attached hydrogens (tertiary/aromatic N) is 3. The second-order valence-corrected chi connectivity index (χ2v) is 7.66. The normalized spacial score (nSPS) is 17.7. The topological polar surface area (TPSA) is 94.2 Å². The van der Waals surface area contributed by atoms with Crippen molar-refractivity contribution >= 4 is 23.5 Å². The minimum Gasteiger partial charge on any atom is -0.492 e. The summed E-state index contributed by atoms with van der Waals surface area (Å²) in [7, 11) is 0. The van der Waals surface area contributed by atoms with Gasteiger partial charge in [-0.1, -0.05) is 42.5 Å². The Balaban J connectivity index is 1.57. The van der Waals surface area contributed by atoms with E-state index in [1.807, 2.05) is 50.2 Å². The summed E-state index contributed by atoms with van der Waals surface area (Å²) in [6.07, 6.45) is 1.71. The van der Waals surface area contributed by atoms with Crippen LogP contribution in [0.25, 0.3) is 0 Å². The van der Waals surface area contributed by atoms with Gasteiger partial charge >= 0.3 is 6.03 Å². The summed E-state index contributed by atoms with van der Waals surface area (Å²) in [5.41, 5.74) is 4.92. The van der Waals surface area contributed by atoms with E-state index in [1.54, 1.807) is 29.4 Å². The lowest BCUT2D eigenvalue weighted by Crippen LogP contribution is -2.61. The number of imide groups is 1. The molecule has 2 aliphatic rings. The predicted octanol–water partition coefficient (Wildman–Crippen LogP) is 2.54. The monoisotopic (exact) mass is 449 g/mol. The van der Waals surface area contributed by atoms with Gasteiger partial charge in [-0.05, 0) is 31.5 Å². The number of hydrazine groups is 1. The lowest BCUT2D eigenvalue weighted by molar-refractivity contribution is -0.133. The zero-order valence-corrected chi connectivity index (χ0v) is 18.7. The molecule has 2 aromatic rings. The molecule has 2 heterocycles. The van der Waals surface area contributed by atoms with Crippen molar-refractivity contribution in [3.63, 3.8) is 0 Å². The first-order valence-electron chi connectivity index (χ1n) is 10.9. The molecule has 0 aliphatic carbocycles. The van der Waals surface area contributed by atoms with Crippen molar-refractivity contribution in [1.29, 1.82) is 0 Å². The Hall–Kier alpha value is -3.85. The number of ether oxygens (including phenoxy) is 1. The number of hydrogen-bond donors (Lipinski definition) is 2. The number of fused-ring (bicyclic) bond motifs is 1. The molecule has 1 fully saturated rings. The number of para-hydroxylation sites is 2. The van der Waals surface area contributed by atoms with E-state index in [2.05, 4.69) is 10.7 Å². The van der Waals surface area contributed by atoms with E-state index in [4.69, 9.17) is 4.74 Å². The molecule has 2 aromatic carbocycles. The third-order valence-corrected chi connectivity index (χ3v) is 5.45. The van der Waals surface area contributed by atoms with Crippen LogP contribution in [0.15, 0.2) is 66.5 Å². The lowest BCUT2D eigenvalue weighted by Gasteiger charge is -2.37. The Labute approximate surface area is 192 Å². The van der Waals surface area contributed by atoms with Gasteiger partial charge in [0.15, 0.2) is 0 Å². The van der Waals surface area contributed by atoms with Gasteiger partial charge in [-0.2, -0.15) is 0 Å². The molecular weight excluding hydrogens is 422 g/mol. The number of carbonyl (C=O) groups is 3. The Morgan fingerprint density at radius 3 is 2.48 bits per heavy atom. The average Bonchev–Trinajstić information content (AvgIpc) is 3.26. The second kappa shape index (κ2) is 9.74. The highest BCUT2D eigenvalue weighted by molar-refractivity contribution is 6.05. The first-order valence-corrected chi connectivity index (χ1v) is 10.9. The van der Waals surface area contributed by atoms with Crippen LogP contribution in [-0.2, 0) is 16.1 Å². The highest BCUT2D eigenvalue weighted by atomic mass is 16.5. The fourth-order valence-corrected chi connectivity index (χ4v) is 3.85. The maximum atomic E-state index is 13.4. The fourth-order valence-electron chi connectivity index (χ4n) is 3.85. The fraction of sp³-hybridized carbons (Fsp3) is 0.292. The zero-order valence-electron chi connectivity index (χ0n) is 18.7. The van der Waals surface area contributed by atoms with E-state index in [9.17, 15) is 14.4 Å². The molecule has 9 heteroatoms. The van der Waals surface area contributed by atoms with E-state index in [-0.39, 0.29) is 24.9 Å². The lowest BCUT2D eigenvalue weighted by atomic mass is 10.1. The molecule has 33 heavy (non-hydrogen) atoms. The van der Waals surface area contributed by atoms with E-state index in [0.29, 0.717) is 30.3 Å². The Kier molecular flexibility index (Phi) is 6.60. The predicted molar refractivity (Wildman–Crippen MR) is 123 cm³/mol. The molecule has 0 spiro atoms. The van der Waals surface area contributed by atoms with Crippen LogP contribution < -0.4 is 15.5 Å². The zero-order chi connectivity index (χ0) is 23.4. The van der Waals surface area contributed by atoms with Crippen LogP contribution in [0.4, 0.5) is 10.5 Å². The third kappa shape index (κ3) is 4.68. The maximum Gasteiger partial charge on any atom is 0.331 e. The highest BCUT2D eigenvalue weighted by Crippen LogP contribution is 2.28. The smallest absolute Gasteiger partial charge is 0.331 e. The molecule has 0 bridgehead atoms. The van der Waals surface area contributed by atoms with Gasteiger partial charge in [0.1, 0.15) is 18.3 Å². The van der Waals surface area contributed by atoms with Crippen molar-refractivity contribution in [2.24, 2.45) is 0 Å². The Bertz CT molecular complexity index is 1070. The van der Waals surface area contributed by atoms with Gasteiger partial charge in [-0.25, -0.2) is 10.2 Å². The van der Waals surface area contributed by atoms with Gasteiger partial charge in [0.25, 0.3) is 5.91 Å². The summed E-state index contributed by atoms with van der Waals surface area (Å²) in [5, 5.41) is 4.56. The van der Waals surface area contributed by atoms with Crippen molar-refractivity contribution < 1.29 is 19.1 Å². The molecule has 1 atom stereocenters. The first-order chi connectivity index (χ1) is 16.0. The molecule has 0 saturated carbocycles. The van der Waals surface area contributed by atoms with E-state index in [1.165, 1.54) is 9.80 Å². The second-order valence-electron chi connectivity index (χ2n) is 7.66. The summed E-state index contributed by atoms with van der Waals surface area (Å²) in [4.78, 5) is 42.0. The molecule has 2 N–H and O–H groups in total. The molecule has 172 valence electrons. The first kappa shape index (κ1) is 22.3. The minimum absolute atomic E-state index is 0.126. The Morgan fingerprint density at radius 1 is 1.03 bits per heavy atom. The van der Waals surface area contributed by atoms with Gasteiger partial charge < -0.3 is 15.1 Å². The van der Waals surface area contributed by atoms with Crippen molar-refractivity contribution in [3.05, 3.63) is 72.1 Å². The van der Waals surface area contributed by atoms with Crippen LogP contribution in [-0.4, -0.2) is 58.4 Å². The summed E-state index contributed by atoms with van der Waals surface area (Å²) < 4.78 is 5.57. The van der Waals surface area contributed by atoms with Crippen molar-refractivity contribution in [3.8, 4) is 5.75 Å². The maximum absolute atomic E-state index is 13.4. The number of urea groups is 1. The van der Waals surface area contributed by atoms with E-state index < -0.39 is 12.1 Å². The van der Waals surface area contributed by atoms with Crippen molar-refractivity contribution in [2.45, 2.75) is 26.4 Å². The Morgan fingerprint density at radius 2 is 1.76 bits per heavy atom. The standard InChI is InChI=1S/C24H27N5O4/c1-3-27-15-19-22(26-27)23(31)29(14-17-10-6-5-7-11-17)24(32)28(19)16-21(30)25-18-12-8-9-13-20(18)33-4-2/h5-13,15,22,26H,3-4,14,16H2,1-2H3,(H,25,30). The molecule has 1 unspecified atom stereocenters. The highest BCUT2D eigenvalue weighted by Gasteiger charge is 2.46. The van der Waals surface area contributed by atoms with Gasteiger partial charge in [0, 0.05) is 12.7 Å². The van der Waals surface area contributed by atoms with Crippen LogP contribution in [0.5, 0.6) is 5.75 Å². The van der Waals surface area contributed by atoms with Crippen LogP contribution in [0.3, 0.4) is 0 Å². The molecular formula is C24H27N5O4. The number of benzene rings is 2. The van der Waals surface area contributed by atoms with E-state index >= 15 is 0 Å². The average molecular weight is 450 g/mol. The number of hydrogen-bond acceptors (Lipinski definition) is 6. The molecule has 1 saturated heterocycles. The number of rotatable bonds is 8. The van der Waals surface area contributed by atoms with E-state index in [0.717, 1.165) is 5.56 Å². The van der Waals surface area contributed by atoms with Crippen molar-refractivity contribution in [2.75, 3.05) is 25.0 Å². The van der Waals surface area contributed by atoms with Gasteiger partial charge in [0.05, 0.1) is 24.5 Å². The number of carbonyl (C=O) groups excluding carboxylic acids is 3. The molecule has 4 rings (SSSR count). The van der Waals surface area contributed by atoms with Crippen LogP contribution in [0.2, 0.25) is 0 Å². The third-order valence-electron chi connectivity index (χ3n) is 5.45. The molecule has 0 radical (unpaired) electrons. The van der Waals surface area contributed by atoms with Crippen molar-refractivity contribution in [1.82, 2.24) is 20.2 Å². The molecule has 9 nitrogen and oxygen atoms in total. The van der Waals surface area contributed by atoms with Gasteiger partial charge in [0.2, 0.25) is 5.91 Å². The largest absolute Gasteiger partial charge is 0.492 e.